The van der Waals surface area contributed by atoms with Crippen molar-refractivity contribution < 1.29 is 0 Å². The van der Waals surface area contributed by atoms with E-state index in [4.69, 9.17) is 5.73 Å². The molecule has 0 aromatic carbocycles. The molecule has 0 aromatic heterocycles. The summed E-state index contributed by atoms with van der Waals surface area (Å²) in [6, 6.07) is 0.0951. The molecule has 0 aliphatic rings. The molecule has 0 aliphatic carbocycles. The van der Waals surface area contributed by atoms with Crippen molar-refractivity contribution in [3.63, 3.8) is 0 Å². The van der Waals surface area contributed by atoms with Crippen molar-refractivity contribution in [2.45, 2.75) is 25.8 Å². The Hall–Kier alpha value is -0.820. The highest BCUT2D eigenvalue weighted by Gasteiger charge is 1.91. The molecule has 1 atom stereocenters. The summed E-state index contributed by atoms with van der Waals surface area (Å²) in [4.78, 5) is 0. The number of nitrogens with two attached hydrogens (primary N) is 1. The zero-order chi connectivity index (χ0) is 9.94. The Morgan fingerprint density at radius 2 is 2.38 bits per heavy atom. The van der Waals surface area contributed by atoms with Crippen LogP contribution in [0.25, 0.3) is 0 Å². The molecule has 0 rings (SSSR count). The number of nitrogens with one attached hydrogen (secondary N) is 1. The first-order valence-corrected chi connectivity index (χ1v) is 4.78. The minimum absolute atomic E-state index is 0.0951. The van der Waals surface area contributed by atoms with Gasteiger partial charge < -0.3 is 11.1 Å². The molecule has 0 radical (unpaired) electrons. The van der Waals surface area contributed by atoms with E-state index >= 15 is 0 Å². The molecule has 0 bridgehead atoms. The maximum Gasteiger partial charge on any atom is 0.0265 e. The molecule has 2 nitrogen and oxygen atoms in total. The Balaban J connectivity index is 3.41. The molecule has 13 heavy (non-hydrogen) atoms. The fraction of sp³-hybridized carbons (Fsp3) is 0.545. The quantitative estimate of drug-likeness (QED) is 0.355. The van der Waals surface area contributed by atoms with E-state index < -0.39 is 0 Å². The molecule has 0 aromatic rings. The fourth-order valence-corrected chi connectivity index (χ4v) is 0.903. The number of rotatable bonds is 7. The maximum absolute atomic E-state index is 5.76. The van der Waals surface area contributed by atoms with Gasteiger partial charge in [0, 0.05) is 12.6 Å². The predicted octanol–water partition coefficient (Wildman–Crippen LogP) is 1.60. The van der Waals surface area contributed by atoms with Crippen LogP contribution in [0.4, 0.5) is 0 Å². The van der Waals surface area contributed by atoms with Gasteiger partial charge in [-0.15, -0.1) is 5.73 Å². The smallest absolute Gasteiger partial charge is 0.0265 e. The van der Waals surface area contributed by atoms with E-state index in [1.807, 2.05) is 12.2 Å². The fourth-order valence-electron chi connectivity index (χ4n) is 0.903. The molecule has 0 amide bonds. The molecule has 2 heteroatoms. The zero-order valence-electron chi connectivity index (χ0n) is 8.42. The Morgan fingerprint density at radius 1 is 1.62 bits per heavy atom. The van der Waals surface area contributed by atoms with Crippen LogP contribution in [0.15, 0.2) is 30.5 Å². The van der Waals surface area contributed by atoms with E-state index in [9.17, 15) is 0 Å². The van der Waals surface area contributed by atoms with Gasteiger partial charge in [-0.2, -0.15) is 0 Å². The van der Waals surface area contributed by atoms with Crippen LogP contribution in [0.2, 0.25) is 0 Å². The van der Waals surface area contributed by atoms with Gasteiger partial charge in [-0.3, -0.25) is 0 Å². The van der Waals surface area contributed by atoms with Gasteiger partial charge in [0.2, 0.25) is 0 Å². The van der Waals surface area contributed by atoms with Crippen LogP contribution in [0.5, 0.6) is 0 Å². The van der Waals surface area contributed by atoms with Gasteiger partial charge in [0.25, 0.3) is 0 Å². The number of hydrogen-bond donors (Lipinski definition) is 2. The van der Waals surface area contributed by atoms with Gasteiger partial charge in [-0.05, 0) is 25.5 Å². The maximum atomic E-state index is 5.76. The van der Waals surface area contributed by atoms with Gasteiger partial charge in [-0.1, -0.05) is 25.7 Å². The first kappa shape index (κ1) is 12.2. The Bertz CT molecular complexity index is 179. The standard InChI is InChI=1S/C11H20N2/c1-3-5-7-11(12)8-6-10-13-9-4-2/h5-6,8,11,13H,1,4,7,9-10,12H2,2H3. The predicted molar refractivity (Wildman–Crippen MR) is 58.6 cm³/mol. The highest BCUT2D eigenvalue weighted by molar-refractivity contribution is 4.96. The Labute approximate surface area is 81.2 Å². The monoisotopic (exact) mass is 180 g/mol. The first-order valence-electron chi connectivity index (χ1n) is 4.78. The molecule has 1 unspecified atom stereocenters. The molecule has 3 N–H and O–H groups in total. The molecule has 0 heterocycles. The second-order valence-electron chi connectivity index (χ2n) is 2.94. The molecular formula is C11H20N2. The van der Waals surface area contributed by atoms with Crippen LogP contribution >= 0.6 is 0 Å². The average molecular weight is 180 g/mol. The second kappa shape index (κ2) is 9.27. The van der Waals surface area contributed by atoms with Crippen molar-refractivity contribution in [2.24, 2.45) is 5.73 Å². The topological polar surface area (TPSA) is 38.0 Å². The normalized spacial score (nSPS) is 12.8. The van der Waals surface area contributed by atoms with Gasteiger partial charge >= 0.3 is 0 Å². The summed E-state index contributed by atoms with van der Waals surface area (Å²) in [5, 5.41) is 3.27. The molecule has 0 spiro atoms. The van der Waals surface area contributed by atoms with E-state index in [1.54, 1.807) is 0 Å². The van der Waals surface area contributed by atoms with Gasteiger partial charge in [-0.25, -0.2) is 0 Å². The van der Waals surface area contributed by atoms with Crippen LogP contribution in [0, 0.1) is 0 Å². The summed E-state index contributed by atoms with van der Waals surface area (Å²) >= 11 is 0. The lowest BCUT2D eigenvalue weighted by atomic mass is 10.2. The molecule has 0 saturated heterocycles. The van der Waals surface area contributed by atoms with Crippen LogP contribution in [0.1, 0.15) is 19.8 Å². The molecule has 0 fully saturated rings. The van der Waals surface area contributed by atoms with Crippen molar-refractivity contribution in [3.8, 4) is 0 Å². The summed E-state index contributed by atoms with van der Waals surface area (Å²) < 4.78 is 0. The minimum Gasteiger partial charge on any atom is -0.324 e. The third-order valence-corrected chi connectivity index (χ3v) is 1.61. The lowest BCUT2D eigenvalue weighted by molar-refractivity contribution is 0.725. The molecule has 0 saturated carbocycles. The largest absolute Gasteiger partial charge is 0.324 e. The summed E-state index contributed by atoms with van der Waals surface area (Å²) in [5.41, 5.74) is 8.47. The minimum atomic E-state index is 0.0951. The van der Waals surface area contributed by atoms with Gasteiger partial charge in [0.05, 0.1) is 0 Å². The van der Waals surface area contributed by atoms with Crippen LogP contribution in [0.3, 0.4) is 0 Å². The third-order valence-electron chi connectivity index (χ3n) is 1.61. The molecule has 74 valence electrons. The zero-order valence-corrected chi connectivity index (χ0v) is 8.42. The highest BCUT2D eigenvalue weighted by atomic mass is 14.8. The van der Waals surface area contributed by atoms with E-state index in [2.05, 4.69) is 30.6 Å². The molecule has 0 aliphatic heterocycles. The van der Waals surface area contributed by atoms with Crippen molar-refractivity contribution in [3.05, 3.63) is 30.5 Å². The van der Waals surface area contributed by atoms with Gasteiger partial charge in [0.1, 0.15) is 0 Å². The summed E-state index contributed by atoms with van der Waals surface area (Å²) in [5.74, 6) is 0. The third kappa shape index (κ3) is 9.09. The average Bonchev–Trinajstić information content (AvgIpc) is 2.14. The lowest BCUT2D eigenvalue weighted by Gasteiger charge is -2.01. The van der Waals surface area contributed by atoms with E-state index in [0.717, 1.165) is 19.5 Å². The molecular weight excluding hydrogens is 160 g/mol. The summed E-state index contributed by atoms with van der Waals surface area (Å²) in [7, 11) is 0. The Morgan fingerprint density at radius 3 is 3.00 bits per heavy atom. The van der Waals surface area contributed by atoms with Crippen molar-refractivity contribution >= 4 is 0 Å². The van der Waals surface area contributed by atoms with Crippen molar-refractivity contribution in [1.29, 1.82) is 0 Å². The van der Waals surface area contributed by atoms with Crippen molar-refractivity contribution in [1.82, 2.24) is 5.32 Å². The first-order chi connectivity index (χ1) is 6.31. The second-order valence-corrected chi connectivity index (χ2v) is 2.94. The Kier molecular flexibility index (Phi) is 8.68. The van der Waals surface area contributed by atoms with Gasteiger partial charge in [0.15, 0.2) is 0 Å². The van der Waals surface area contributed by atoms with E-state index in [0.29, 0.717) is 0 Å². The van der Waals surface area contributed by atoms with Crippen LogP contribution in [-0.4, -0.2) is 19.1 Å². The summed E-state index contributed by atoms with van der Waals surface area (Å²) in [6.45, 7) is 7.59. The summed E-state index contributed by atoms with van der Waals surface area (Å²) in [6.07, 6.45) is 7.91. The lowest BCUT2D eigenvalue weighted by Crippen LogP contribution is -2.18. The SMILES string of the molecule is C=C=CCC(N)C=CCNCCC. The highest BCUT2D eigenvalue weighted by Crippen LogP contribution is 1.90. The van der Waals surface area contributed by atoms with Crippen LogP contribution in [-0.2, 0) is 0 Å². The van der Waals surface area contributed by atoms with E-state index in [-0.39, 0.29) is 6.04 Å². The van der Waals surface area contributed by atoms with Crippen LogP contribution < -0.4 is 11.1 Å². The number of hydrogen-bond acceptors (Lipinski definition) is 2. The van der Waals surface area contributed by atoms with Crippen molar-refractivity contribution in [2.75, 3.05) is 13.1 Å². The van der Waals surface area contributed by atoms with E-state index in [1.165, 1.54) is 6.42 Å².